The number of carbonyl (C=O) groups is 2. The molecule has 0 aliphatic rings. The van der Waals surface area contributed by atoms with E-state index in [2.05, 4.69) is 2.84 Å². The summed E-state index contributed by atoms with van der Waals surface area (Å²) < 4.78 is 61.4. The van der Waals surface area contributed by atoms with Crippen LogP contribution in [0.25, 0.3) is 0 Å². The van der Waals surface area contributed by atoms with Crippen molar-refractivity contribution < 1.29 is 73.0 Å². The molecule has 0 aliphatic heterocycles. The third-order valence-corrected chi connectivity index (χ3v) is 5.51. The number of esters is 1. The zero-order chi connectivity index (χ0) is 21.4. The van der Waals surface area contributed by atoms with Gasteiger partial charge in [0.25, 0.3) is 0 Å². The zero-order valence-corrected chi connectivity index (χ0v) is 18.5. The van der Waals surface area contributed by atoms with E-state index in [0.717, 1.165) is 5.56 Å². The standard InChI is InChI=1S/C15H12O4.2Cr.3H3N.2H2O.5O/c16-14(17)12-8-4-5-9-13(12)15(18)19-10-11-6-2-1-3-7-11;;;;;;;;;;;;/h1-9H,10H2,(H,16,17);;;3*1H3;2*1H2;;;;;/q;2*+1;;;;;;;;;;/p-2. The zero-order valence-electron chi connectivity index (χ0n) is 15.9. The van der Waals surface area contributed by atoms with E-state index in [1.807, 2.05) is 30.3 Å². The molecule has 176 valence electrons. The van der Waals surface area contributed by atoms with Crippen LogP contribution in [0.3, 0.4) is 0 Å². The predicted molar refractivity (Wildman–Crippen MR) is 92.3 cm³/mol. The van der Waals surface area contributed by atoms with E-state index in [4.69, 9.17) is 18.2 Å². The molecule has 0 aromatic heterocycles. The molecule has 12 N–H and O–H groups in total. The van der Waals surface area contributed by atoms with E-state index in [-0.39, 0.29) is 36.2 Å². The molecule has 0 aliphatic carbocycles. The van der Waals surface area contributed by atoms with Crippen LogP contribution in [0.15, 0.2) is 54.6 Å². The summed E-state index contributed by atoms with van der Waals surface area (Å²) in [4.78, 5) is 22.9. The molecule has 0 amide bonds. The summed E-state index contributed by atoms with van der Waals surface area (Å²) in [5, 5.41) is 8.99. The van der Waals surface area contributed by atoms with E-state index in [9.17, 15) is 24.8 Å². The average Bonchev–Trinajstić information content (AvgIpc) is 2.58. The Morgan fingerprint density at radius 1 is 0.742 bits per heavy atom. The van der Waals surface area contributed by atoms with Crippen LogP contribution >= 0.6 is 0 Å². The summed E-state index contributed by atoms with van der Waals surface area (Å²) >= 11 is -11.5. The van der Waals surface area contributed by atoms with Crippen molar-refractivity contribution in [1.82, 2.24) is 18.5 Å². The van der Waals surface area contributed by atoms with Crippen LogP contribution in [0.2, 0.25) is 0 Å². The fourth-order valence-corrected chi connectivity index (χ4v) is 3.50. The molecule has 0 fully saturated rings. The summed E-state index contributed by atoms with van der Waals surface area (Å²) in [7, 11) is 0. The Morgan fingerprint density at radius 3 is 1.55 bits per heavy atom. The number of carboxylic acid groups (broad SMARTS) is 1. The van der Waals surface area contributed by atoms with Crippen LogP contribution in [-0.4, -0.2) is 25.4 Å². The van der Waals surface area contributed by atoms with Gasteiger partial charge in [0.1, 0.15) is 6.61 Å². The van der Waals surface area contributed by atoms with Crippen LogP contribution in [0.5, 0.6) is 0 Å². The molecule has 31 heavy (non-hydrogen) atoms. The Morgan fingerprint density at radius 2 is 1.16 bits per heavy atom. The SMILES string of the molecule is N.N.N.O=C(O)c1ccccc1C(=O)OCc1ccccc1.[O]=[Cr](=[O])([OH])[O][Cr](=[O])(=[O])[OH]. The van der Waals surface area contributed by atoms with E-state index in [1.54, 1.807) is 12.1 Å². The second-order valence-corrected chi connectivity index (χ2v) is 8.60. The van der Waals surface area contributed by atoms with Crippen LogP contribution < -0.4 is 18.5 Å². The van der Waals surface area contributed by atoms with Gasteiger partial charge in [0.15, 0.2) is 0 Å². The van der Waals surface area contributed by atoms with Crippen molar-refractivity contribution in [3.05, 3.63) is 71.3 Å². The fourth-order valence-electron chi connectivity index (χ4n) is 1.76. The van der Waals surface area contributed by atoms with Gasteiger partial charge in [-0.1, -0.05) is 42.5 Å². The summed E-state index contributed by atoms with van der Waals surface area (Å²) in [5.74, 6) is -1.78. The van der Waals surface area contributed by atoms with Crippen molar-refractivity contribution in [2.75, 3.05) is 0 Å². The Kier molecular flexibility index (Phi) is 15.4. The number of hydrogen-bond donors (Lipinski definition) is 6. The van der Waals surface area contributed by atoms with Gasteiger partial charge in [-0.25, -0.2) is 9.59 Å². The van der Waals surface area contributed by atoms with Gasteiger partial charge in [-0.3, -0.25) is 0 Å². The third kappa shape index (κ3) is 14.1. The minimum absolute atomic E-state index is 0. The van der Waals surface area contributed by atoms with Crippen LogP contribution in [0, 0.1) is 0 Å². The molecule has 16 heteroatoms. The molecule has 0 heterocycles. The normalized spacial score (nSPS) is 10.0. The molecule has 14 nitrogen and oxygen atoms in total. The van der Waals surface area contributed by atoms with Crippen LogP contribution in [0.4, 0.5) is 0 Å². The van der Waals surface area contributed by atoms with Gasteiger partial charge in [0.2, 0.25) is 0 Å². The second kappa shape index (κ2) is 14.4. The second-order valence-electron chi connectivity index (χ2n) is 4.84. The molecule has 0 saturated heterocycles. The number of benzene rings is 2. The number of hydrogen-bond acceptors (Lipinski definition) is 11. The molecule has 0 unspecified atom stereocenters. The van der Waals surface area contributed by atoms with Crippen molar-refractivity contribution in [3.8, 4) is 0 Å². The van der Waals surface area contributed by atoms with Gasteiger partial charge in [-0.2, -0.15) is 0 Å². The summed E-state index contributed by atoms with van der Waals surface area (Å²) in [6, 6.07) is 15.2. The molecule has 2 aromatic carbocycles. The van der Waals surface area contributed by atoms with Crippen molar-refractivity contribution in [2.45, 2.75) is 6.61 Å². The first-order chi connectivity index (χ1) is 12.9. The maximum absolute atomic E-state index is 11.9. The van der Waals surface area contributed by atoms with E-state index >= 15 is 0 Å². The first-order valence-electron chi connectivity index (χ1n) is 7.08. The third-order valence-electron chi connectivity index (χ3n) is 2.76. The Balaban J connectivity index is -0.000000568. The molecule has 0 radical (unpaired) electrons. The molecular formula is C15H23Cr2N3O11. The van der Waals surface area contributed by atoms with Gasteiger partial charge in [-0.15, -0.1) is 0 Å². The number of aromatic carboxylic acids is 1. The molecule has 0 bridgehead atoms. The number of carboxylic acids is 1. The predicted octanol–water partition coefficient (Wildman–Crippen LogP) is 1.57. The number of ether oxygens (including phenoxy) is 1. The van der Waals surface area contributed by atoms with Gasteiger partial charge >= 0.3 is 65.5 Å². The maximum atomic E-state index is 11.9. The van der Waals surface area contributed by atoms with Crippen molar-refractivity contribution in [1.29, 1.82) is 0 Å². The first kappa shape index (κ1) is 33.1. The summed E-state index contributed by atoms with van der Waals surface area (Å²) in [6.07, 6.45) is 0. The topological polar surface area (TPSA) is 287 Å². The van der Waals surface area contributed by atoms with Crippen LogP contribution in [0.1, 0.15) is 26.3 Å². The Bertz CT molecular complexity index is 1010. The number of rotatable bonds is 6. The number of carbonyl (C=O) groups excluding carboxylic acids is 1. The van der Waals surface area contributed by atoms with Crippen molar-refractivity contribution in [2.24, 2.45) is 0 Å². The molecule has 2 rings (SSSR count). The van der Waals surface area contributed by atoms with E-state index < -0.39 is 39.2 Å². The minimum atomic E-state index is -5.76. The monoisotopic (exact) mass is 525 g/mol. The molecule has 0 spiro atoms. The quantitative estimate of drug-likeness (QED) is 0.292. The molecule has 0 atom stereocenters. The van der Waals surface area contributed by atoms with Gasteiger partial charge in [0.05, 0.1) is 11.1 Å². The fraction of sp³-hybridized carbons (Fsp3) is 0.0667. The van der Waals surface area contributed by atoms with Gasteiger partial charge < -0.3 is 28.3 Å². The van der Waals surface area contributed by atoms with Crippen molar-refractivity contribution >= 4 is 11.9 Å². The Labute approximate surface area is 181 Å². The van der Waals surface area contributed by atoms with Gasteiger partial charge in [0, 0.05) is 0 Å². The van der Waals surface area contributed by atoms with Crippen molar-refractivity contribution in [3.63, 3.8) is 0 Å². The first-order valence-corrected chi connectivity index (χ1v) is 11.3. The molecule has 0 saturated carbocycles. The van der Waals surface area contributed by atoms with E-state index in [0.29, 0.717) is 0 Å². The summed E-state index contributed by atoms with van der Waals surface area (Å²) in [6.45, 7) is 0.119. The van der Waals surface area contributed by atoms with E-state index in [1.165, 1.54) is 12.1 Å². The van der Waals surface area contributed by atoms with Gasteiger partial charge in [-0.05, 0) is 17.7 Å². The van der Waals surface area contributed by atoms with Crippen LogP contribution in [-0.2, 0) is 56.6 Å². The average molecular weight is 525 g/mol. The molecule has 2 aromatic rings. The summed E-state index contributed by atoms with van der Waals surface area (Å²) in [5.41, 5.74) is 0.857. The Hall–Kier alpha value is -2.60. The molecular weight excluding hydrogens is 502 g/mol.